The van der Waals surface area contributed by atoms with Crippen LogP contribution >= 0.6 is 22.9 Å². The van der Waals surface area contributed by atoms with Crippen LogP contribution in [0, 0.1) is 5.82 Å². The Hall–Kier alpha value is -2.44. The van der Waals surface area contributed by atoms with E-state index in [1.807, 2.05) is 24.3 Å². The zero-order valence-corrected chi connectivity index (χ0v) is 16.7. The van der Waals surface area contributed by atoms with Gasteiger partial charge in [-0.05, 0) is 42.2 Å². The van der Waals surface area contributed by atoms with E-state index in [0.29, 0.717) is 17.1 Å². The Balaban J connectivity index is 1.46. The van der Waals surface area contributed by atoms with Gasteiger partial charge in [0.1, 0.15) is 11.6 Å². The van der Waals surface area contributed by atoms with Crippen molar-refractivity contribution in [3.63, 3.8) is 0 Å². The van der Waals surface area contributed by atoms with Crippen LogP contribution in [0.15, 0.2) is 48.7 Å². The van der Waals surface area contributed by atoms with Crippen molar-refractivity contribution in [3.8, 4) is 5.75 Å². The van der Waals surface area contributed by atoms with Crippen LogP contribution in [-0.4, -0.2) is 18.0 Å². The van der Waals surface area contributed by atoms with Gasteiger partial charge >= 0.3 is 0 Å². The molecule has 7 heteroatoms. The molecule has 1 saturated carbocycles. The van der Waals surface area contributed by atoms with Gasteiger partial charge in [0.15, 0.2) is 5.13 Å². The first-order valence-electron chi connectivity index (χ1n) is 8.85. The van der Waals surface area contributed by atoms with E-state index in [9.17, 15) is 9.18 Å². The third-order valence-electron chi connectivity index (χ3n) is 5.00. The second kappa shape index (κ2) is 7.53. The predicted molar refractivity (Wildman–Crippen MR) is 109 cm³/mol. The fourth-order valence-corrected chi connectivity index (χ4v) is 4.24. The first-order valence-corrected chi connectivity index (χ1v) is 10.0. The van der Waals surface area contributed by atoms with Crippen LogP contribution in [0.2, 0.25) is 5.02 Å². The summed E-state index contributed by atoms with van der Waals surface area (Å²) in [6.45, 7) is 0. The molecule has 1 fully saturated rings. The number of benzene rings is 2. The Morgan fingerprint density at radius 3 is 2.71 bits per heavy atom. The highest BCUT2D eigenvalue weighted by atomic mass is 35.5. The zero-order chi connectivity index (χ0) is 19.7. The van der Waals surface area contributed by atoms with Crippen molar-refractivity contribution in [3.05, 3.63) is 75.5 Å². The summed E-state index contributed by atoms with van der Waals surface area (Å²) in [6.07, 6.45) is 3.77. The summed E-state index contributed by atoms with van der Waals surface area (Å²) < 4.78 is 18.8. The lowest BCUT2D eigenvalue weighted by Gasteiger charge is -2.15. The summed E-state index contributed by atoms with van der Waals surface area (Å²) in [6, 6.07) is 12.4. The molecule has 28 heavy (non-hydrogen) atoms. The van der Waals surface area contributed by atoms with E-state index in [4.69, 9.17) is 16.3 Å². The highest BCUT2D eigenvalue weighted by Crippen LogP contribution is 2.49. The molecule has 4 nitrogen and oxygen atoms in total. The molecule has 0 radical (unpaired) electrons. The number of thiazole rings is 1. The Kier molecular flexibility index (Phi) is 5.08. The van der Waals surface area contributed by atoms with E-state index in [0.717, 1.165) is 29.0 Å². The number of nitrogens with zero attached hydrogens (tertiary/aromatic N) is 1. The molecular formula is C21H18ClFN2O2S. The van der Waals surface area contributed by atoms with Crippen molar-refractivity contribution in [1.29, 1.82) is 0 Å². The number of rotatable bonds is 6. The van der Waals surface area contributed by atoms with E-state index >= 15 is 0 Å². The lowest BCUT2D eigenvalue weighted by molar-refractivity contribution is -0.118. The zero-order valence-electron chi connectivity index (χ0n) is 15.2. The summed E-state index contributed by atoms with van der Waals surface area (Å²) in [7, 11) is 1.62. The normalized spacial score (nSPS) is 14.5. The van der Waals surface area contributed by atoms with E-state index in [2.05, 4.69) is 10.3 Å². The third kappa shape index (κ3) is 3.62. The lowest BCUT2D eigenvalue weighted by atomic mass is 9.95. The molecule has 1 N–H and O–H groups in total. The molecule has 1 aliphatic rings. The van der Waals surface area contributed by atoms with Crippen LogP contribution in [0.1, 0.15) is 28.8 Å². The average Bonchev–Trinajstić information content (AvgIpc) is 3.41. The molecule has 4 rings (SSSR count). The Morgan fingerprint density at radius 1 is 1.29 bits per heavy atom. The summed E-state index contributed by atoms with van der Waals surface area (Å²) in [5.74, 6) is 0.273. The maximum atomic E-state index is 13.6. The molecule has 1 heterocycles. The number of hydrogen-bond acceptors (Lipinski definition) is 4. The van der Waals surface area contributed by atoms with Crippen molar-refractivity contribution < 1.29 is 13.9 Å². The standard InChI is InChI=1S/C21H18ClFN2O2S/c1-27-15-7-5-14(6-8-15)21(9-10-21)19(26)25-20-24-12-16(28-20)11-13-3-2-4-17(23)18(13)22/h2-8,12H,9-11H2,1H3,(H,24,25,26). The quantitative estimate of drug-likeness (QED) is 0.600. The molecule has 0 saturated heterocycles. The van der Waals surface area contributed by atoms with E-state index in [1.54, 1.807) is 25.4 Å². The minimum Gasteiger partial charge on any atom is -0.497 e. The Labute approximate surface area is 171 Å². The number of hydrogen-bond donors (Lipinski definition) is 1. The molecular weight excluding hydrogens is 399 g/mol. The number of nitrogens with one attached hydrogen (secondary N) is 1. The van der Waals surface area contributed by atoms with E-state index in [-0.39, 0.29) is 10.9 Å². The second-order valence-corrected chi connectivity index (χ2v) is 8.28. The van der Waals surface area contributed by atoms with Gasteiger partial charge < -0.3 is 10.1 Å². The van der Waals surface area contributed by atoms with Crippen molar-refractivity contribution in [2.24, 2.45) is 0 Å². The Morgan fingerprint density at radius 2 is 2.04 bits per heavy atom. The molecule has 2 aromatic carbocycles. The number of carbonyl (C=O) groups is 1. The van der Waals surface area contributed by atoms with Crippen molar-refractivity contribution in [2.45, 2.75) is 24.7 Å². The van der Waals surface area contributed by atoms with E-state index in [1.165, 1.54) is 17.4 Å². The predicted octanol–water partition coefficient (Wildman–Crippen LogP) is 5.21. The maximum Gasteiger partial charge on any atom is 0.236 e. The van der Waals surface area contributed by atoms with Crippen molar-refractivity contribution in [1.82, 2.24) is 4.98 Å². The van der Waals surface area contributed by atoms with Gasteiger partial charge in [0.2, 0.25) is 5.91 Å². The molecule has 3 aromatic rings. The minimum atomic E-state index is -0.496. The minimum absolute atomic E-state index is 0.0534. The third-order valence-corrected chi connectivity index (χ3v) is 6.33. The Bertz CT molecular complexity index is 1020. The van der Waals surface area contributed by atoms with Gasteiger partial charge in [0.25, 0.3) is 0 Å². The molecule has 0 bridgehead atoms. The number of amides is 1. The maximum absolute atomic E-state index is 13.6. The van der Waals surface area contributed by atoms with Gasteiger partial charge in [-0.15, -0.1) is 11.3 Å². The van der Waals surface area contributed by atoms with Gasteiger partial charge in [-0.25, -0.2) is 9.37 Å². The number of halogens is 2. The topological polar surface area (TPSA) is 51.2 Å². The number of aromatic nitrogens is 1. The van der Waals surface area contributed by atoms with Crippen LogP contribution in [0.3, 0.4) is 0 Å². The number of methoxy groups -OCH3 is 1. The van der Waals surface area contributed by atoms with Crippen LogP contribution in [0.25, 0.3) is 0 Å². The largest absolute Gasteiger partial charge is 0.497 e. The SMILES string of the molecule is COc1ccc(C2(C(=O)Nc3ncc(Cc4cccc(F)c4Cl)s3)CC2)cc1. The van der Waals surface area contributed by atoms with Gasteiger partial charge in [-0.3, -0.25) is 4.79 Å². The van der Waals surface area contributed by atoms with Crippen LogP contribution < -0.4 is 10.1 Å². The molecule has 144 valence electrons. The fraction of sp³-hybridized carbons (Fsp3) is 0.238. The molecule has 1 amide bonds. The second-order valence-electron chi connectivity index (χ2n) is 6.79. The smallest absolute Gasteiger partial charge is 0.236 e. The molecule has 1 aliphatic carbocycles. The van der Waals surface area contributed by atoms with Gasteiger partial charge in [-0.2, -0.15) is 0 Å². The van der Waals surface area contributed by atoms with Gasteiger partial charge in [0.05, 0.1) is 17.5 Å². The molecule has 0 aliphatic heterocycles. The molecule has 0 atom stereocenters. The summed E-state index contributed by atoms with van der Waals surface area (Å²) in [5, 5.41) is 3.59. The highest BCUT2D eigenvalue weighted by Gasteiger charge is 2.51. The summed E-state index contributed by atoms with van der Waals surface area (Å²) in [5.41, 5.74) is 1.18. The first-order chi connectivity index (χ1) is 13.5. The van der Waals surface area contributed by atoms with Crippen LogP contribution in [0.4, 0.5) is 9.52 Å². The van der Waals surface area contributed by atoms with Crippen molar-refractivity contribution in [2.75, 3.05) is 12.4 Å². The first kappa shape index (κ1) is 18.9. The average molecular weight is 417 g/mol. The number of carbonyl (C=O) groups excluding carboxylic acids is 1. The van der Waals surface area contributed by atoms with Crippen molar-refractivity contribution >= 4 is 34.0 Å². The highest BCUT2D eigenvalue weighted by molar-refractivity contribution is 7.15. The number of anilines is 1. The van der Waals surface area contributed by atoms with Crippen LogP contribution in [0.5, 0.6) is 5.75 Å². The van der Waals surface area contributed by atoms with E-state index < -0.39 is 11.2 Å². The van der Waals surface area contributed by atoms with Gasteiger partial charge in [0, 0.05) is 17.5 Å². The molecule has 1 aromatic heterocycles. The molecule has 0 spiro atoms. The molecule has 0 unspecified atom stereocenters. The monoisotopic (exact) mass is 416 g/mol. The van der Waals surface area contributed by atoms with Crippen LogP contribution in [-0.2, 0) is 16.6 Å². The number of ether oxygens (including phenoxy) is 1. The van der Waals surface area contributed by atoms with Gasteiger partial charge in [-0.1, -0.05) is 35.9 Å². The summed E-state index contributed by atoms with van der Waals surface area (Å²) in [4.78, 5) is 18.1. The lowest BCUT2D eigenvalue weighted by Crippen LogP contribution is -2.27. The summed E-state index contributed by atoms with van der Waals surface area (Å²) >= 11 is 7.39. The fourth-order valence-electron chi connectivity index (χ4n) is 3.22.